The lowest BCUT2D eigenvalue weighted by Crippen LogP contribution is -2.53. The van der Waals surface area contributed by atoms with Crippen LogP contribution in [-0.4, -0.2) is 63.1 Å². The lowest BCUT2D eigenvalue weighted by Gasteiger charge is -2.41. The van der Waals surface area contributed by atoms with Gasteiger partial charge < -0.3 is 4.90 Å². The predicted octanol–water partition coefficient (Wildman–Crippen LogP) is 2.09. The first-order chi connectivity index (χ1) is 12.7. The number of aryl methyl sites for hydroxylation is 2. The Labute approximate surface area is 158 Å². The summed E-state index contributed by atoms with van der Waals surface area (Å²) in [5.74, 6) is 0.856. The van der Waals surface area contributed by atoms with Gasteiger partial charge in [-0.1, -0.05) is 24.3 Å². The molecule has 1 atom stereocenters. The van der Waals surface area contributed by atoms with E-state index in [0.717, 1.165) is 32.6 Å². The largest absolute Gasteiger partial charge is 0.340 e. The summed E-state index contributed by atoms with van der Waals surface area (Å²) in [5.41, 5.74) is 3.00. The zero-order chi connectivity index (χ0) is 17.9. The highest BCUT2D eigenvalue weighted by atomic mass is 35.5. The van der Waals surface area contributed by atoms with Gasteiger partial charge in [-0.05, 0) is 42.0 Å². The molecular weight excluding hydrogens is 350 g/mol. The van der Waals surface area contributed by atoms with Gasteiger partial charge in [-0.2, -0.15) is 0 Å². The average Bonchev–Trinajstić information content (AvgIpc) is 3.11. The number of hydrogen-bond donors (Lipinski definition) is 1. The monoisotopic (exact) mass is 373 g/mol. The van der Waals surface area contributed by atoms with E-state index in [1.54, 1.807) is 0 Å². The summed E-state index contributed by atoms with van der Waals surface area (Å²) < 4.78 is 0. The summed E-state index contributed by atoms with van der Waals surface area (Å²) in [7, 11) is 0. The van der Waals surface area contributed by atoms with Crippen molar-refractivity contribution in [2.24, 2.45) is 0 Å². The number of benzene rings is 1. The van der Waals surface area contributed by atoms with Gasteiger partial charge in [0.2, 0.25) is 11.2 Å². The van der Waals surface area contributed by atoms with Gasteiger partial charge >= 0.3 is 0 Å². The van der Waals surface area contributed by atoms with Crippen LogP contribution >= 0.6 is 11.6 Å². The number of hydrogen-bond acceptors (Lipinski definition) is 4. The highest BCUT2D eigenvalue weighted by molar-refractivity contribution is 6.28. The molecule has 2 aliphatic rings. The van der Waals surface area contributed by atoms with Crippen molar-refractivity contribution in [3.8, 4) is 0 Å². The molecule has 0 radical (unpaired) electrons. The second-order valence-corrected chi connectivity index (χ2v) is 7.47. The maximum atomic E-state index is 12.4. The molecule has 1 aliphatic carbocycles. The van der Waals surface area contributed by atoms with Crippen LogP contribution in [0.5, 0.6) is 0 Å². The van der Waals surface area contributed by atoms with Crippen LogP contribution in [0.2, 0.25) is 5.28 Å². The maximum absolute atomic E-state index is 12.4. The van der Waals surface area contributed by atoms with E-state index in [4.69, 9.17) is 11.6 Å². The molecule has 6 nitrogen and oxygen atoms in total. The van der Waals surface area contributed by atoms with Gasteiger partial charge in [-0.3, -0.25) is 14.8 Å². The summed E-state index contributed by atoms with van der Waals surface area (Å²) in [6, 6.07) is 9.40. The number of halogens is 1. The molecule has 4 rings (SSSR count). The second kappa shape index (κ2) is 7.76. The van der Waals surface area contributed by atoms with Crippen molar-refractivity contribution < 1.29 is 4.79 Å². The first kappa shape index (κ1) is 17.5. The van der Waals surface area contributed by atoms with Crippen molar-refractivity contribution in [3.05, 3.63) is 46.5 Å². The van der Waals surface area contributed by atoms with Crippen LogP contribution in [0.4, 0.5) is 0 Å². The number of H-pyrrole nitrogens is 1. The van der Waals surface area contributed by atoms with Gasteiger partial charge in [-0.25, -0.2) is 4.98 Å². The van der Waals surface area contributed by atoms with Crippen molar-refractivity contribution >= 4 is 17.5 Å². The SMILES string of the molecule is O=C(CCc1nc(Cl)n[nH]1)N1CCN(C2CCc3ccccc3C2)CC1. The Morgan fingerprint density at radius 2 is 1.96 bits per heavy atom. The molecule has 26 heavy (non-hydrogen) atoms. The molecule has 1 fully saturated rings. The summed E-state index contributed by atoms with van der Waals surface area (Å²) in [4.78, 5) is 21.0. The van der Waals surface area contributed by atoms with E-state index in [1.807, 2.05) is 4.90 Å². The fourth-order valence-electron chi connectivity index (χ4n) is 4.09. The molecule has 1 amide bonds. The number of aromatic amines is 1. The van der Waals surface area contributed by atoms with Crippen LogP contribution in [-0.2, 0) is 24.1 Å². The summed E-state index contributed by atoms with van der Waals surface area (Å²) in [5, 5.41) is 6.74. The van der Waals surface area contributed by atoms with Gasteiger partial charge in [0.1, 0.15) is 5.82 Å². The number of carbonyl (C=O) groups is 1. The molecule has 1 N–H and O–H groups in total. The fourth-order valence-corrected chi connectivity index (χ4v) is 4.24. The molecule has 1 aromatic carbocycles. The number of rotatable bonds is 4. The van der Waals surface area contributed by atoms with Crippen LogP contribution in [0.25, 0.3) is 0 Å². The Bertz CT molecular complexity index is 769. The molecule has 7 heteroatoms. The highest BCUT2D eigenvalue weighted by Crippen LogP contribution is 2.25. The fraction of sp³-hybridized carbons (Fsp3) is 0.526. The first-order valence-corrected chi connectivity index (χ1v) is 9.72. The van der Waals surface area contributed by atoms with Gasteiger partial charge in [-0.15, -0.1) is 5.10 Å². The Morgan fingerprint density at radius 1 is 1.19 bits per heavy atom. The van der Waals surface area contributed by atoms with Gasteiger partial charge in [0.25, 0.3) is 0 Å². The molecule has 1 aliphatic heterocycles. The third-order valence-electron chi connectivity index (χ3n) is 5.58. The van der Waals surface area contributed by atoms with E-state index in [0.29, 0.717) is 24.7 Å². The maximum Gasteiger partial charge on any atom is 0.242 e. The smallest absolute Gasteiger partial charge is 0.242 e. The molecule has 1 unspecified atom stereocenters. The Balaban J connectivity index is 1.26. The number of carbonyl (C=O) groups excluding carboxylic acids is 1. The molecule has 0 bridgehead atoms. The molecule has 2 aromatic rings. The number of piperazine rings is 1. The minimum atomic E-state index is 0.186. The number of fused-ring (bicyclic) bond motifs is 1. The van der Waals surface area contributed by atoms with Crippen LogP contribution < -0.4 is 0 Å². The minimum absolute atomic E-state index is 0.186. The van der Waals surface area contributed by atoms with Crippen LogP contribution in [0.1, 0.15) is 29.8 Å². The van der Waals surface area contributed by atoms with Crippen LogP contribution in [0, 0.1) is 0 Å². The summed E-state index contributed by atoms with van der Waals surface area (Å²) >= 11 is 5.69. The van der Waals surface area contributed by atoms with Crippen molar-refractivity contribution in [1.82, 2.24) is 25.0 Å². The Morgan fingerprint density at radius 3 is 2.69 bits per heavy atom. The molecular formula is C19H24ClN5O. The lowest BCUT2D eigenvalue weighted by atomic mass is 9.87. The zero-order valence-electron chi connectivity index (χ0n) is 14.8. The summed E-state index contributed by atoms with van der Waals surface area (Å²) in [6.07, 6.45) is 4.52. The van der Waals surface area contributed by atoms with E-state index in [-0.39, 0.29) is 11.2 Å². The van der Waals surface area contributed by atoms with Crippen molar-refractivity contribution in [2.75, 3.05) is 26.2 Å². The van der Waals surface area contributed by atoms with E-state index in [1.165, 1.54) is 24.0 Å². The highest BCUT2D eigenvalue weighted by Gasteiger charge is 2.28. The van der Waals surface area contributed by atoms with Crippen LogP contribution in [0.3, 0.4) is 0 Å². The molecule has 1 saturated heterocycles. The minimum Gasteiger partial charge on any atom is -0.340 e. The molecule has 138 valence electrons. The third-order valence-corrected chi connectivity index (χ3v) is 5.75. The second-order valence-electron chi connectivity index (χ2n) is 7.13. The number of aromatic nitrogens is 3. The van der Waals surface area contributed by atoms with E-state index in [2.05, 4.69) is 44.3 Å². The third kappa shape index (κ3) is 3.91. The Kier molecular flexibility index (Phi) is 5.22. The topological polar surface area (TPSA) is 65.1 Å². The zero-order valence-corrected chi connectivity index (χ0v) is 15.6. The first-order valence-electron chi connectivity index (χ1n) is 9.34. The van der Waals surface area contributed by atoms with Crippen molar-refractivity contribution in [3.63, 3.8) is 0 Å². The van der Waals surface area contributed by atoms with E-state index in [9.17, 15) is 4.79 Å². The van der Waals surface area contributed by atoms with Gasteiger partial charge in [0.15, 0.2) is 0 Å². The van der Waals surface area contributed by atoms with Gasteiger partial charge in [0.05, 0.1) is 0 Å². The number of amides is 1. The standard InChI is InChI=1S/C19H24ClN5O/c20-19-21-17(22-23-19)7-8-18(26)25-11-9-24(10-12-25)16-6-5-14-3-1-2-4-15(14)13-16/h1-4,16H,5-13H2,(H,21,22,23). The average molecular weight is 374 g/mol. The predicted molar refractivity (Wildman–Crippen MR) is 100 cm³/mol. The number of nitrogens with zero attached hydrogens (tertiary/aromatic N) is 4. The van der Waals surface area contributed by atoms with E-state index >= 15 is 0 Å². The quantitative estimate of drug-likeness (QED) is 0.891. The lowest BCUT2D eigenvalue weighted by molar-refractivity contribution is -0.133. The number of nitrogens with one attached hydrogen (secondary N) is 1. The van der Waals surface area contributed by atoms with E-state index < -0.39 is 0 Å². The van der Waals surface area contributed by atoms with Gasteiger partial charge in [0, 0.05) is 45.1 Å². The van der Waals surface area contributed by atoms with Crippen LogP contribution in [0.15, 0.2) is 24.3 Å². The molecule has 0 spiro atoms. The molecule has 1 aromatic heterocycles. The Hall–Kier alpha value is -1.92. The normalized spacial score (nSPS) is 20.8. The van der Waals surface area contributed by atoms with Crippen molar-refractivity contribution in [1.29, 1.82) is 0 Å². The van der Waals surface area contributed by atoms with Crippen molar-refractivity contribution in [2.45, 2.75) is 38.1 Å². The molecule has 0 saturated carbocycles. The molecule has 2 heterocycles. The summed E-state index contributed by atoms with van der Waals surface area (Å²) in [6.45, 7) is 3.56.